The Morgan fingerprint density at radius 1 is 1.33 bits per heavy atom. The summed E-state index contributed by atoms with van der Waals surface area (Å²) in [4.78, 5) is 12.0. The van der Waals surface area contributed by atoms with Gasteiger partial charge in [-0.25, -0.2) is 0 Å². The number of aryl methyl sites for hydroxylation is 2. The quantitative estimate of drug-likeness (QED) is 0.868. The number of halogens is 2. The molecule has 0 bridgehead atoms. The lowest BCUT2D eigenvalue weighted by atomic mass is 10.2. The maximum absolute atomic E-state index is 12.0. The molecule has 0 saturated carbocycles. The Labute approximate surface area is 133 Å². The number of anilines is 1. The van der Waals surface area contributed by atoms with Crippen molar-refractivity contribution in [3.8, 4) is 0 Å². The molecule has 6 heteroatoms. The summed E-state index contributed by atoms with van der Waals surface area (Å²) < 4.78 is 1.57. The van der Waals surface area contributed by atoms with Gasteiger partial charge in [-0.15, -0.1) is 0 Å². The number of nitrogens with zero attached hydrogens (tertiary/aromatic N) is 2. The summed E-state index contributed by atoms with van der Waals surface area (Å²) in [5.74, 6) is -0.250. The fourth-order valence-corrected chi connectivity index (χ4v) is 2.32. The first-order chi connectivity index (χ1) is 9.90. The zero-order valence-corrected chi connectivity index (χ0v) is 13.5. The summed E-state index contributed by atoms with van der Waals surface area (Å²) in [6.45, 7) is 3.69. The van der Waals surface area contributed by atoms with Crippen LogP contribution in [0.5, 0.6) is 0 Å². The van der Waals surface area contributed by atoms with E-state index in [9.17, 15) is 4.79 Å². The van der Waals surface area contributed by atoms with Gasteiger partial charge in [0.1, 0.15) is 5.15 Å². The molecule has 2 aromatic rings. The SMILES string of the molecule is Cc1nn(C)c(Cl)c1/C=C/C(=O)Nc1cccc(Cl)c1C. The Kier molecular flexibility index (Phi) is 4.70. The van der Waals surface area contributed by atoms with Crippen molar-refractivity contribution in [2.75, 3.05) is 5.32 Å². The third-order valence-corrected chi connectivity index (χ3v) is 3.98. The molecule has 1 amide bonds. The molecule has 0 aliphatic rings. The minimum absolute atomic E-state index is 0.250. The Morgan fingerprint density at radius 3 is 2.67 bits per heavy atom. The van der Waals surface area contributed by atoms with Crippen molar-refractivity contribution in [1.82, 2.24) is 9.78 Å². The number of hydrogen-bond acceptors (Lipinski definition) is 2. The summed E-state index contributed by atoms with van der Waals surface area (Å²) >= 11 is 12.1. The first kappa shape index (κ1) is 15.6. The summed E-state index contributed by atoms with van der Waals surface area (Å²) in [5, 5.41) is 8.08. The highest BCUT2D eigenvalue weighted by Crippen LogP contribution is 2.23. The second-order valence-corrected chi connectivity index (χ2v) is 5.41. The van der Waals surface area contributed by atoms with Crippen LogP contribution in [0.4, 0.5) is 5.69 Å². The van der Waals surface area contributed by atoms with Crippen LogP contribution in [0.3, 0.4) is 0 Å². The van der Waals surface area contributed by atoms with Crippen LogP contribution in [0, 0.1) is 13.8 Å². The molecule has 110 valence electrons. The third kappa shape index (κ3) is 3.46. The molecule has 0 fully saturated rings. The van der Waals surface area contributed by atoms with Gasteiger partial charge in [0.25, 0.3) is 0 Å². The molecule has 0 saturated heterocycles. The molecule has 1 heterocycles. The summed E-state index contributed by atoms with van der Waals surface area (Å²) in [7, 11) is 1.75. The van der Waals surface area contributed by atoms with Crippen molar-refractivity contribution in [2.45, 2.75) is 13.8 Å². The average Bonchev–Trinajstić information content (AvgIpc) is 2.67. The predicted molar refractivity (Wildman–Crippen MR) is 86.8 cm³/mol. The van der Waals surface area contributed by atoms with Crippen LogP contribution >= 0.6 is 23.2 Å². The van der Waals surface area contributed by atoms with E-state index in [0.717, 1.165) is 16.8 Å². The van der Waals surface area contributed by atoms with E-state index in [1.165, 1.54) is 6.08 Å². The van der Waals surface area contributed by atoms with Gasteiger partial charge in [-0.2, -0.15) is 5.10 Å². The van der Waals surface area contributed by atoms with Crippen molar-refractivity contribution in [2.24, 2.45) is 7.05 Å². The molecule has 0 radical (unpaired) electrons. The zero-order valence-electron chi connectivity index (χ0n) is 11.9. The number of nitrogens with one attached hydrogen (secondary N) is 1. The van der Waals surface area contributed by atoms with Crippen LogP contribution in [0.2, 0.25) is 10.2 Å². The van der Waals surface area contributed by atoms with E-state index >= 15 is 0 Å². The van der Waals surface area contributed by atoms with Gasteiger partial charge in [0, 0.05) is 29.4 Å². The number of carbonyl (C=O) groups excluding carboxylic acids is 1. The van der Waals surface area contributed by atoms with E-state index in [4.69, 9.17) is 23.2 Å². The van der Waals surface area contributed by atoms with E-state index in [1.54, 1.807) is 36.0 Å². The number of benzene rings is 1. The van der Waals surface area contributed by atoms with Gasteiger partial charge in [-0.3, -0.25) is 9.48 Å². The maximum atomic E-state index is 12.0. The predicted octanol–water partition coefficient (Wildman–Crippen LogP) is 4.00. The van der Waals surface area contributed by atoms with Crippen molar-refractivity contribution < 1.29 is 4.79 Å². The van der Waals surface area contributed by atoms with Gasteiger partial charge in [0.05, 0.1) is 5.69 Å². The van der Waals surface area contributed by atoms with E-state index in [0.29, 0.717) is 15.9 Å². The van der Waals surface area contributed by atoms with Gasteiger partial charge in [-0.1, -0.05) is 29.3 Å². The van der Waals surface area contributed by atoms with E-state index < -0.39 is 0 Å². The van der Waals surface area contributed by atoms with Crippen molar-refractivity contribution in [1.29, 1.82) is 0 Å². The Balaban J connectivity index is 2.15. The monoisotopic (exact) mass is 323 g/mol. The second-order valence-electron chi connectivity index (χ2n) is 4.65. The summed E-state index contributed by atoms with van der Waals surface area (Å²) in [5.41, 5.74) is 3.02. The molecule has 0 aliphatic carbocycles. The molecule has 0 unspecified atom stereocenters. The third-order valence-electron chi connectivity index (χ3n) is 3.12. The molecule has 1 aromatic carbocycles. The first-order valence-corrected chi connectivity index (χ1v) is 7.09. The van der Waals surface area contributed by atoms with Crippen LogP contribution in [0.15, 0.2) is 24.3 Å². The van der Waals surface area contributed by atoms with Crippen molar-refractivity contribution >= 4 is 40.9 Å². The van der Waals surface area contributed by atoms with Crippen molar-refractivity contribution in [3.05, 3.63) is 51.3 Å². The topological polar surface area (TPSA) is 46.9 Å². The zero-order chi connectivity index (χ0) is 15.6. The average molecular weight is 324 g/mol. The van der Waals surface area contributed by atoms with E-state index in [1.807, 2.05) is 13.8 Å². The molecule has 0 atom stereocenters. The summed E-state index contributed by atoms with van der Waals surface area (Å²) in [6, 6.07) is 5.37. The summed E-state index contributed by atoms with van der Waals surface area (Å²) in [6.07, 6.45) is 3.08. The highest BCUT2D eigenvalue weighted by molar-refractivity contribution is 6.32. The van der Waals surface area contributed by atoms with E-state index in [2.05, 4.69) is 10.4 Å². The van der Waals surface area contributed by atoms with Gasteiger partial charge in [0.2, 0.25) is 5.91 Å². The normalized spacial score (nSPS) is 11.1. The highest BCUT2D eigenvalue weighted by Gasteiger charge is 2.09. The molecule has 21 heavy (non-hydrogen) atoms. The molecule has 0 aliphatic heterocycles. The Bertz CT molecular complexity index is 720. The van der Waals surface area contributed by atoms with Crippen LogP contribution in [0.25, 0.3) is 6.08 Å². The molecule has 1 aromatic heterocycles. The number of aromatic nitrogens is 2. The van der Waals surface area contributed by atoms with Crippen LogP contribution in [0.1, 0.15) is 16.8 Å². The van der Waals surface area contributed by atoms with E-state index in [-0.39, 0.29) is 5.91 Å². The molecular formula is C15H15Cl2N3O. The molecular weight excluding hydrogens is 309 g/mol. The van der Waals surface area contributed by atoms with Gasteiger partial charge < -0.3 is 5.32 Å². The minimum Gasteiger partial charge on any atom is -0.322 e. The first-order valence-electron chi connectivity index (χ1n) is 6.33. The van der Waals surface area contributed by atoms with Crippen LogP contribution in [-0.4, -0.2) is 15.7 Å². The van der Waals surface area contributed by atoms with Crippen LogP contribution < -0.4 is 5.32 Å². The highest BCUT2D eigenvalue weighted by atomic mass is 35.5. The van der Waals surface area contributed by atoms with Gasteiger partial charge in [0.15, 0.2) is 0 Å². The standard InChI is InChI=1S/C15H15Cl2N3O/c1-9-12(16)5-4-6-13(9)18-14(21)8-7-11-10(2)19-20(3)15(11)17/h4-8H,1-3H3,(H,18,21)/b8-7+. The molecule has 0 spiro atoms. The largest absolute Gasteiger partial charge is 0.322 e. The lowest BCUT2D eigenvalue weighted by molar-refractivity contribution is -0.111. The Morgan fingerprint density at radius 2 is 2.05 bits per heavy atom. The number of carbonyl (C=O) groups is 1. The number of amides is 1. The molecule has 2 rings (SSSR count). The fourth-order valence-electron chi connectivity index (χ4n) is 1.91. The smallest absolute Gasteiger partial charge is 0.248 e. The lowest BCUT2D eigenvalue weighted by Gasteiger charge is -2.07. The maximum Gasteiger partial charge on any atom is 0.248 e. The number of hydrogen-bond donors (Lipinski definition) is 1. The van der Waals surface area contributed by atoms with Gasteiger partial charge in [-0.05, 0) is 37.6 Å². The van der Waals surface area contributed by atoms with Gasteiger partial charge >= 0.3 is 0 Å². The molecule has 4 nitrogen and oxygen atoms in total. The van der Waals surface area contributed by atoms with Crippen molar-refractivity contribution in [3.63, 3.8) is 0 Å². The Hall–Kier alpha value is -1.78. The molecule has 1 N–H and O–H groups in total. The minimum atomic E-state index is -0.250. The second kappa shape index (κ2) is 6.33. The lowest BCUT2D eigenvalue weighted by Crippen LogP contribution is -2.09. The fraction of sp³-hybridized carbons (Fsp3) is 0.200. The number of rotatable bonds is 3. The van der Waals surface area contributed by atoms with Crippen LogP contribution in [-0.2, 0) is 11.8 Å².